The fourth-order valence-electron chi connectivity index (χ4n) is 1.54. The van der Waals surface area contributed by atoms with Gasteiger partial charge in [-0.05, 0) is 11.8 Å². The van der Waals surface area contributed by atoms with Crippen LogP contribution in [0.4, 0.5) is 8.78 Å². The molecule has 0 saturated heterocycles. The zero-order valence-electron chi connectivity index (χ0n) is 12.5. The molecule has 1 unspecified atom stereocenters. The molecule has 118 valence electrons. The Hall–Kier alpha value is -1.24. The molecule has 0 heterocycles. The Morgan fingerprint density at radius 3 is 2.15 bits per heavy atom. The molecule has 0 fully saturated rings. The van der Waals surface area contributed by atoms with Gasteiger partial charge in [0.15, 0.2) is 0 Å². The Morgan fingerprint density at radius 2 is 1.75 bits per heavy atom. The smallest absolute Gasteiger partial charge is 0.277 e. The number of carbonyl (C=O) groups excluding carboxylic acids is 2. The van der Waals surface area contributed by atoms with Crippen molar-refractivity contribution < 1.29 is 18.4 Å². The molecule has 7 heteroatoms. The maximum Gasteiger partial charge on any atom is 0.277 e. The Bertz CT molecular complexity index is 334. The minimum atomic E-state index is -3.14. The molecule has 0 aliphatic heterocycles. The summed E-state index contributed by atoms with van der Waals surface area (Å²) in [5.41, 5.74) is 4.89. The topological polar surface area (TPSA) is 84.2 Å². The molecule has 0 aliphatic rings. The van der Waals surface area contributed by atoms with E-state index in [2.05, 4.69) is 10.6 Å². The summed E-state index contributed by atoms with van der Waals surface area (Å²) in [6.07, 6.45) is 0.287. The first-order chi connectivity index (χ1) is 9.09. The van der Waals surface area contributed by atoms with Crippen LogP contribution in [-0.4, -0.2) is 36.9 Å². The van der Waals surface area contributed by atoms with Crippen LogP contribution in [0.15, 0.2) is 0 Å². The number of halogens is 2. The third kappa shape index (κ3) is 7.37. The van der Waals surface area contributed by atoms with E-state index in [1.807, 2.05) is 13.8 Å². The molecule has 0 aliphatic carbocycles. The van der Waals surface area contributed by atoms with Gasteiger partial charge in [-0.15, -0.1) is 0 Å². The number of amides is 2. The minimum Gasteiger partial charge on any atom is -0.348 e. The molecule has 0 spiro atoms. The highest BCUT2D eigenvalue weighted by Crippen LogP contribution is 2.10. The van der Waals surface area contributed by atoms with Gasteiger partial charge in [-0.25, -0.2) is 8.78 Å². The van der Waals surface area contributed by atoms with Gasteiger partial charge in [0.2, 0.25) is 11.8 Å². The predicted molar refractivity (Wildman–Crippen MR) is 73.2 cm³/mol. The maximum absolute atomic E-state index is 13.0. The summed E-state index contributed by atoms with van der Waals surface area (Å²) in [5, 5.41) is 4.71. The Labute approximate surface area is 118 Å². The van der Waals surface area contributed by atoms with Gasteiger partial charge in [-0.1, -0.05) is 27.7 Å². The highest BCUT2D eigenvalue weighted by molar-refractivity contribution is 5.87. The average Bonchev–Trinajstić information content (AvgIpc) is 2.32. The van der Waals surface area contributed by atoms with Gasteiger partial charge in [0.1, 0.15) is 6.04 Å². The number of nitrogens with two attached hydrogens (primary N) is 1. The van der Waals surface area contributed by atoms with Crippen LogP contribution in [-0.2, 0) is 9.59 Å². The lowest BCUT2D eigenvalue weighted by Gasteiger charge is -2.23. The molecular formula is C13H25F2N3O2. The van der Waals surface area contributed by atoms with Crippen molar-refractivity contribution in [3.8, 4) is 0 Å². The van der Waals surface area contributed by atoms with E-state index >= 15 is 0 Å². The molecule has 0 aromatic carbocycles. The highest BCUT2D eigenvalue weighted by Gasteiger charge is 2.30. The first kappa shape index (κ1) is 18.8. The lowest BCUT2D eigenvalue weighted by molar-refractivity contribution is -0.131. The van der Waals surface area contributed by atoms with E-state index in [1.165, 1.54) is 0 Å². The second-order valence-corrected chi connectivity index (χ2v) is 5.67. The first-order valence-corrected chi connectivity index (χ1v) is 6.74. The van der Waals surface area contributed by atoms with Gasteiger partial charge in [-0.2, -0.15) is 0 Å². The molecule has 0 radical (unpaired) electrons. The molecule has 2 amide bonds. The van der Waals surface area contributed by atoms with Gasteiger partial charge in [0.05, 0.1) is 13.1 Å². The summed E-state index contributed by atoms with van der Waals surface area (Å²) in [5.74, 6) is -4.06. The van der Waals surface area contributed by atoms with E-state index in [0.29, 0.717) is 0 Å². The van der Waals surface area contributed by atoms with Crippen LogP contribution in [0.3, 0.4) is 0 Å². The first-order valence-electron chi connectivity index (χ1n) is 6.74. The number of nitrogens with one attached hydrogen (secondary N) is 2. The van der Waals surface area contributed by atoms with Crippen molar-refractivity contribution in [3.05, 3.63) is 0 Å². The van der Waals surface area contributed by atoms with Gasteiger partial charge in [0.25, 0.3) is 5.92 Å². The van der Waals surface area contributed by atoms with Gasteiger partial charge >= 0.3 is 0 Å². The molecular weight excluding hydrogens is 268 g/mol. The van der Waals surface area contributed by atoms with Crippen LogP contribution < -0.4 is 16.4 Å². The standard InChI is InChI=1S/C13H25F2N3O2/c1-8(2)5-10(19)18-11(9(3)4)12(20)17-7-13(14,15)6-16/h8-9,11H,5-7,16H2,1-4H3,(H,17,20)(H,18,19). The second kappa shape index (κ2) is 8.14. The van der Waals surface area contributed by atoms with Crippen molar-refractivity contribution in [3.63, 3.8) is 0 Å². The van der Waals surface area contributed by atoms with E-state index in [1.54, 1.807) is 13.8 Å². The zero-order valence-corrected chi connectivity index (χ0v) is 12.5. The SMILES string of the molecule is CC(C)CC(=O)NC(C(=O)NCC(F)(F)CN)C(C)C. The fraction of sp³-hybridized carbons (Fsp3) is 0.846. The van der Waals surface area contributed by atoms with Gasteiger partial charge < -0.3 is 16.4 Å². The molecule has 0 bridgehead atoms. The van der Waals surface area contributed by atoms with Crippen LogP contribution in [0, 0.1) is 11.8 Å². The largest absolute Gasteiger partial charge is 0.348 e. The lowest BCUT2D eigenvalue weighted by atomic mass is 10.0. The fourth-order valence-corrected chi connectivity index (χ4v) is 1.54. The third-order valence-corrected chi connectivity index (χ3v) is 2.68. The number of carbonyl (C=O) groups is 2. The summed E-state index contributed by atoms with van der Waals surface area (Å²) in [7, 11) is 0. The van der Waals surface area contributed by atoms with Crippen LogP contribution >= 0.6 is 0 Å². The van der Waals surface area contributed by atoms with E-state index in [-0.39, 0.29) is 24.2 Å². The maximum atomic E-state index is 13.0. The van der Waals surface area contributed by atoms with Crippen molar-refractivity contribution in [2.24, 2.45) is 17.6 Å². The van der Waals surface area contributed by atoms with E-state index < -0.39 is 31.0 Å². The quantitative estimate of drug-likeness (QED) is 0.621. The Kier molecular flexibility index (Phi) is 7.63. The summed E-state index contributed by atoms with van der Waals surface area (Å²) < 4.78 is 26.0. The van der Waals surface area contributed by atoms with Crippen LogP contribution in [0.1, 0.15) is 34.1 Å². The molecule has 20 heavy (non-hydrogen) atoms. The molecule has 0 saturated carbocycles. The van der Waals surface area contributed by atoms with E-state index in [0.717, 1.165) is 0 Å². The average molecular weight is 293 g/mol. The Balaban J connectivity index is 4.52. The third-order valence-electron chi connectivity index (χ3n) is 2.68. The Morgan fingerprint density at radius 1 is 1.20 bits per heavy atom. The van der Waals surface area contributed by atoms with E-state index in [4.69, 9.17) is 5.73 Å². The molecule has 4 N–H and O–H groups in total. The summed E-state index contributed by atoms with van der Waals surface area (Å²) in [6.45, 7) is 5.57. The number of alkyl halides is 2. The lowest BCUT2D eigenvalue weighted by Crippen LogP contribution is -2.52. The molecule has 0 aromatic heterocycles. The number of rotatable bonds is 8. The van der Waals surface area contributed by atoms with Crippen molar-refractivity contribution in [2.75, 3.05) is 13.1 Å². The summed E-state index contributed by atoms with van der Waals surface area (Å²) in [6, 6.07) is -0.824. The molecule has 0 aromatic rings. The van der Waals surface area contributed by atoms with Crippen molar-refractivity contribution >= 4 is 11.8 Å². The van der Waals surface area contributed by atoms with Crippen molar-refractivity contribution in [1.82, 2.24) is 10.6 Å². The van der Waals surface area contributed by atoms with Gasteiger partial charge in [-0.3, -0.25) is 9.59 Å². The predicted octanol–water partition coefficient (Wildman–Crippen LogP) is 0.884. The molecule has 5 nitrogen and oxygen atoms in total. The van der Waals surface area contributed by atoms with Crippen LogP contribution in [0.2, 0.25) is 0 Å². The van der Waals surface area contributed by atoms with Crippen LogP contribution in [0.25, 0.3) is 0 Å². The second-order valence-electron chi connectivity index (χ2n) is 5.67. The molecule has 0 rings (SSSR count). The normalized spacial score (nSPS) is 13.4. The minimum absolute atomic E-state index is 0.160. The zero-order chi connectivity index (χ0) is 15.9. The monoisotopic (exact) mass is 293 g/mol. The van der Waals surface area contributed by atoms with Crippen molar-refractivity contribution in [1.29, 1.82) is 0 Å². The molecule has 1 atom stereocenters. The number of hydrogen-bond acceptors (Lipinski definition) is 3. The summed E-state index contributed by atoms with van der Waals surface area (Å²) >= 11 is 0. The van der Waals surface area contributed by atoms with Crippen LogP contribution in [0.5, 0.6) is 0 Å². The van der Waals surface area contributed by atoms with Gasteiger partial charge in [0, 0.05) is 6.42 Å². The number of hydrogen-bond donors (Lipinski definition) is 3. The highest BCUT2D eigenvalue weighted by atomic mass is 19.3. The van der Waals surface area contributed by atoms with Crippen molar-refractivity contribution in [2.45, 2.75) is 46.1 Å². The van der Waals surface area contributed by atoms with E-state index in [9.17, 15) is 18.4 Å². The summed E-state index contributed by atoms with van der Waals surface area (Å²) in [4.78, 5) is 23.5.